The molecule has 0 N–H and O–H groups in total. The summed E-state index contributed by atoms with van der Waals surface area (Å²) >= 11 is 0. The van der Waals surface area contributed by atoms with Gasteiger partial charge in [-0.15, -0.1) is 0 Å². The van der Waals surface area contributed by atoms with E-state index in [0.717, 1.165) is 5.92 Å². The average Bonchev–Trinajstić information content (AvgIpc) is 2.65. The minimum Gasteiger partial charge on any atom is -0.303 e. The molecule has 0 aromatic carbocycles. The summed E-state index contributed by atoms with van der Waals surface area (Å²) in [7, 11) is 0. The first-order valence-electron chi connectivity index (χ1n) is 11.2. The Bertz CT molecular complexity index is 318. The van der Waals surface area contributed by atoms with Crippen LogP contribution in [-0.4, -0.2) is 6.29 Å². The summed E-state index contributed by atoms with van der Waals surface area (Å²) in [4.78, 5) is 12.5. The molecule has 1 heteroatoms. The summed E-state index contributed by atoms with van der Waals surface area (Å²) in [6.45, 7) is 4.71. The van der Waals surface area contributed by atoms with Crippen LogP contribution >= 0.6 is 0 Å². The number of hydrogen-bond acceptors (Lipinski definition) is 1. The lowest BCUT2D eigenvalue weighted by Crippen LogP contribution is -2.42. The van der Waals surface area contributed by atoms with Crippen molar-refractivity contribution in [3.05, 3.63) is 0 Å². The van der Waals surface area contributed by atoms with Gasteiger partial charge in [0.25, 0.3) is 0 Å². The van der Waals surface area contributed by atoms with Crippen LogP contribution in [0, 0.1) is 23.2 Å². The molecular weight excluding hydrogens is 292 g/mol. The molecule has 0 saturated heterocycles. The molecule has 2 rings (SSSR count). The van der Waals surface area contributed by atoms with Crippen LogP contribution in [0.3, 0.4) is 0 Å². The third kappa shape index (κ3) is 5.33. The molecule has 1 atom stereocenters. The molecular formula is C23H42O. The van der Waals surface area contributed by atoms with Crippen molar-refractivity contribution in [3.63, 3.8) is 0 Å². The molecule has 0 aromatic heterocycles. The van der Waals surface area contributed by atoms with E-state index in [9.17, 15) is 4.79 Å². The van der Waals surface area contributed by atoms with Gasteiger partial charge in [-0.2, -0.15) is 0 Å². The predicted molar refractivity (Wildman–Crippen MR) is 104 cm³/mol. The normalized spacial score (nSPS) is 22.4. The topological polar surface area (TPSA) is 17.1 Å². The van der Waals surface area contributed by atoms with E-state index in [2.05, 4.69) is 13.8 Å². The molecule has 0 radical (unpaired) electrons. The number of aldehydes is 1. The lowest BCUT2D eigenvalue weighted by atomic mass is 9.57. The molecule has 1 unspecified atom stereocenters. The van der Waals surface area contributed by atoms with Crippen molar-refractivity contribution >= 4 is 6.29 Å². The van der Waals surface area contributed by atoms with Gasteiger partial charge in [-0.25, -0.2) is 0 Å². The summed E-state index contributed by atoms with van der Waals surface area (Å²) in [6, 6.07) is 0. The quantitative estimate of drug-likeness (QED) is 0.302. The molecule has 2 fully saturated rings. The maximum Gasteiger partial charge on any atom is 0.126 e. The number of rotatable bonds is 10. The molecule has 1 nitrogen and oxygen atoms in total. The van der Waals surface area contributed by atoms with E-state index in [1.165, 1.54) is 109 Å². The molecule has 24 heavy (non-hydrogen) atoms. The van der Waals surface area contributed by atoms with Crippen LogP contribution in [0.5, 0.6) is 0 Å². The van der Waals surface area contributed by atoms with Gasteiger partial charge < -0.3 is 4.79 Å². The van der Waals surface area contributed by atoms with E-state index in [1.807, 2.05) is 0 Å². The monoisotopic (exact) mass is 334 g/mol. The minimum absolute atomic E-state index is 0.0276. The van der Waals surface area contributed by atoms with Gasteiger partial charge in [0.1, 0.15) is 6.29 Å². The number of carbonyl (C=O) groups excluding carboxylic acids is 1. The number of hydrogen-bond donors (Lipinski definition) is 0. The van der Waals surface area contributed by atoms with Crippen molar-refractivity contribution in [1.29, 1.82) is 0 Å². The van der Waals surface area contributed by atoms with Crippen molar-refractivity contribution in [3.8, 4) is 0 Å². The van der Waals surface area contributed by atoms with E-state index in [0.29, 0.717) is 11.8 Å². The molecule has 0 aromatic rings. The Morgan fingerprint density at radius 3 is 1.88 bits per heavy atom. The summed E-state index contributed by atoms with van der Waals surface area (Å²) in [5.41, 5.74) is 0.0276. The van der Waals surface area contributed by atoms with Crippen LogP contribution in [0.2, 0.25) is 0 Å². The van der Waals surface area contributed by atoms with Crippen LogP contribution < -0.4 is 0 Å². The molecule has 2 aliphatic carbocycles. The Kier molecular flexibility index (Phi) is 8.84. The minimum atomic E-state index is 0.0276. The summed E-state index contributed by atoms with van der Waals surface area (Å²) < 4.78 is 0. The number of carbonyl (C=O) groups is 1. The molecule has 0 bridgehead atoms. The zero-order valence-electron chi connectivity index (χ0n) is 16.5. The fourth-order valence-corrected chi connectivity index (χ4v) is 5.66. The van der Waals surface area contributed by atoms with Crippen molar-refractivity contribution < 1.29 is 4.79 Å². The van der Waals surface area contributed by atoms with Gasteiger partial charge in [0, 0.05) is 5.41 Å². The van der Waals surface area contributed by atoms with E-state index in [-0.39, 0.29) is 5.41 Å². The van der Waals surface area contributed by atoms with Gasteiger partial charge >= 0.3 is 0 Å². The van der Waals surface area contributed by atoms with Gasteiger partial charge in [0.2, 0.25) is 0 Å². The van der Waals surface area contributed by atoms with Crippen LogP contribution in [0.4, 0.5) is 0 Å². The zero-order chi connectivity index (χ0) is 17.3. The zero-order valence-corrected chi connectivity index (χ0v) is 16.5. The highest BCUT2D eigenvalue weighted by molar-refractivity contribution is 5.61. The Labute approximate surface area is 151 Å². The smallest absolute Gasteiger partial charge is 0.126 e. The number of unbranched alkanes of at least 4 members (excludes halogenated alkanes) is 2. The maximum atomic E-state index is 12.5. The fraction of sp³-hybridized carbons (Fsp3) is 0.957. The molecule has 2 saturated carbocycles. The third-order valence-electron chi connectivity index (χ3n) is 7.32. The first-order valence-corrected chi connectivity index (χ1v) is 11.2. The summed E-state index contributed by atoms with van der Waals surface area (Å²) in [5, 5.41) is 0. The molecule has 2 aliphatic rings. The van der Waals surface area contributed by atoms with Gasteiger partial charge in [-0.1, -0.05) is 78.1 Å². The molecule has 0 heterocycles. The second kappa shape index (κ2) is 10.6. The van der Waals surface area contributed by atoms with E-state index < -0.39 is 0 Å². The Morgan fingerprint density at radius 2 is 1.42 bits per heavy atom. The maximum absolute atomic E-state index is 12.5. The lowest BCUT2D eigenvalue weighted by molar-refractivity contribution is -0.126. The summed E-state index contributed by atoms with van der Waals surface area (Å²) in [5.74, 6) is 2.17. The Balaban J connectivity index is 2.01. The van der Waals surface area contributed by atoms with Gasteiger partial charge in [-0.05, 0) is 56.3 Å². The van der Waals surface area contributed by atoms with Crippen LogP contribution in [0.15, 0.2) is 0 Å². The summed E-state index contributed by atoms with van der Waals surface area (Å²) in [6.07, 6.45) is 22.8. The van der Waals surface area contributed by atoms with Gasteiger partial charge in [0.05, 0.1) is 0 Å². The van der Waals surface area contributed by atoms with Crippen LogP contribution in [0.1, 0.15) is 117 Å². The van der Waals surface area contributed by atoms with Crippen molar-refractivity contribution in [2.75, 3.05) is 0 Å². The molecule has 0 amide bonds. The van der Waals surface area contributed by atoms with E-state index in [4.69, 9.17) is 0 Å². The molecule has 0 aliphatic heterocycles. The van der Waals surface area contributed by atoms with Crippen LogP contribution in [0.25, 0.3) is 0 Å². The molecule has 0 spiro atoms. The highest BCUT2D eigenvalue weighted by atomic mass is 16.1. The van der Waals surface area contributed by atoms with E-state index >= 15 is 0 Å². The predicted octanol–water partition coefficient (Wildman–Crippen LogP) is 7.33. The molecule has 140 valence electrons. The SMILES string of the molecule is CCCCCC(C)CCC(C=O)(C1CCCCC1)C1CCCCC1. The van der Waals surface area contributed by atoms with Crippen molar-refractivity contribution in [2.45, 2.75) is 117 Å². The standard InChI is InChI=1S/C23H42O/c1-3-4-7-12-20(2)17-18-23(19-24,21-13-8-5-9-14-21)22-15-10-6-11-16-22/h19-22H,3-18H2,1-2H3. The average molecular weight is 335 g/mol. The fourth-order valence-electron chi connectivity index (χ4n) is 5.66. The van der Waals surface area contributed by atoms with Crippen molar-refractivity contribution in [1.82, 2.24) is 0 Å². The second-order valence-corrected chi connectivity index (χ2v) is 9.04. The Morgan fingerprint density at radius 1 is 0.875 bits per heavy atom. The highest BCUT2D eigenvalue weighted by Crippen LogP contribution is 2.50. The lowest BCUT2D eigenvalue weighted by Gasteiger charge is -2.46. The Hall–Kier alpha value is -0.330. The highest BCUT2D eigenvalue weighted by Gasteiger charge is 2.45. The first-order chi connectivity index (χ1) is 11.7. The van der Waals surface area contributed by atoms with Gasteiger partial charge in [0.15, 0.2) is 0 Å². The van der Waals surface area contributed by atoms with Gasteiger partial charge in [-0.3, -0.25) is 0 Å². The van der Waals surface area contributed by atoms with Crippen LogP contribution in [-0.2, 0) is 4.79 Å². The second-order valence-electron chi connectivity index (χ2n) is 9.04. The van der Waals surface area contributed by atoms with Crippen molar-refractivity contribution in [2.24, 2.45) is 23.2 Å². The van der Waals surface area contributed by atoms with E-state index in [1.54, 1.807) is 0 Å². The first kappa shape index (κ1) is 20.0. The largest absolute Gasteiger partial charge is 0.303 e. The third-order valence-corrected chi connectivity index (χ3v) is 7.32.